The van der Waals surface area contributed by atoms with Gasteiger partial charge >= 0.3 is 0 Å². The first-order chi connectivity index (χ1) is 20.1. The van der Waals surface area contributed by atoms with Crippen LogP contribution in [-0.4, -0.2) is 44.8 Å². The number of likely N-dealkylation sites (N-methyl/N-ethyl adjacent to an activating group) is 1. The van der Waals surface area contributed by atoms with Gasteiger partial charge in [-0.15, -0.1) is 0 Å². The molecule has 0 aromatic heterocycles. The van der Waals surface area contributed by atoms with Gasteiger partial charge in [-0.1, -0.05) is 71.8 Å². The number of sulfonamides is 1. The number of hydrogen-bond donors (Lipinski definition) is 1. The average molecular weight is 608 g/mol. The molecule has 218 valence electrons. The van der Waals surface area contributed by atoms with Crippen molar-refractivity contribution in [1.29, 1.82) is 0 Å². The topological polar surface area (TPSA) is 86.8 Å². The van der Waals surface area contributed by atoms with Crippen LogP contribution in [0.25, 0.3) is 0 Å². The van der Waals surface area contributed by atoms with Crippen molar-refractivity contribution in [2.45, 2.75) is 30.8 Å². The number of anilines is 1. The number of hydrogen-bond acceptors (Lipinski definition) is 4. The lowest BCUT2D eigenvalue weighted by Crippen LogP contribution is -2.53. The first kappa shape index (κ1) is 30.7. The second kappa shape index (κ2) is 13.6. The molecule has 0 aliphatic heterocycles. The van der Waals surface area contributed by atoms with Gasteiger partial charge in [0.05, 0.1) is 10.6 Å². The summed E-state index contributed by atoms with van der Waals surface area (Å²) in [6, 6.07) is 26.3. The zero-order valence-corrected chi connectivity index (χ0v) is 24.8. The summed E-state index contributed by atoms with van der Waals surface area (Å²) in [7, 11) is -2.82. The van der Waals surface area contributed by atoms with E-state index in [1.165, 1.54) is 11.9 Å². The molecule has 4 aromatic carbocycles. The fourth-order valence-corrected chi connectivity index (χ4v) is 6.15. The third-order valence-electron chi connectivity index (χ3n) is 6.76. The molecule has 1 N–H and O–H groups in total. The van der Waals surface area contributed by atoms with Crippen LogP contribution in [0, 0.1) is 12.7 Å². The van der Waals surface area contributed by atoms with Crippen molar-refractivity contribution in [2.24, 2.45) is 0 Å². The van der Waals surface area contributed by atoms with Crippen LogP contribution in [0.5, 0.6) is 0 Å². The van der Waals surface area contributed by atoms with Crippen molar-refractivity contribution < 1.29 is 22.4 Å². The molecule has 10 heteroatoms. The molecule has 4 rings (SSSR count). The van der Waals surface area contributed by atoms with Gasteiger partial charge in [-0.2, -0.15) is 0 Å². The Labute approximate surface area is 250 Å². The van der Waals surface area contributed by atoms with E-state index >= 15 is 0 Å². The van der Waals surface area contributed by atoms with Gasteiger partial charge in [0, 0.05) is 25.0 Å². The van der Waals surface area contributed by atoms with Gasteiger partial charge in [0.25, 0.3) is 10.0 Å². The van der Waals surface area contributed by atoms with Crippen LogP contribution in [0.15, 0.2) is 108 Å². The van der Waals surface area contributed by atoms with E-state index in [2.05, 4.69) is 5.32 Å². The molecule has 7 nitrogen and oxygen atoms in total. The lowest BCUT2D eigenvalue weighted by molar-refractivity contribution is -0.139. The normalized spacial score (nSPS) is 11.9. The van der Waals surface area contributed by atoms with Crippen molar-refractivity contribution in [3.63, 3.8) is 0 Å². The quantitative estimate of drug-likeness (QED) is 0.248. The predicted molar refractivity (Wildman–Crippen MR) is 162 cm³/mol. The van der Waals surface area contributed by atoms with Gasteiger partial charge in [-0.3, -0.25) is 13.9 Å². The summed E-state index contributed by atoms with van der Waals surface area (Å²) in [5.41, 5.74) is 2.64. The molecule has 0 bridgehead atoms. The number of aryl methyl sites for hydroxylation is 1. The Morgan fingerprint density at radius 2 is 1.52 bits per heavy atom. The number of nitrogens with one attached hydrogen (secondary N) is 1. The second-order valence-electron chi connectivity index (χ2n) is 9.77. The van der Waals surface area contributed by atoms with Crippen molar-refractivity contribution in [3.05, 3.63) is 131 Å². The van der Waals surface area contributed by atoms with Gasteiger partial charge in [-0.05, 0) is 66.6 Å². The van der Waals surface area contributed by atoms with Gasteiger partial charge < -0.3 is 10.2 Å². The number of nitrogens with zero attached hydrogens (tertiary/aromatic N) is 2. The van der Waals surface area contributed by atoms with Crippen LogP contribution < -0.4 is 9.62 Å². The summed E-state index contributed by atoms with van der Waals surface area (Å²) in [6.45, 7) is 1.26. The standard InChI is InChI=1S/C32H31ClFN3O4S/c1-23-11-15-28(16-12-23)37(42(40,41)29-17-13-27(34)14-18-29)22-31(38)36(21-25-9-6-10-26(33)19-25)30(32(39)35-2)20-24-7-4-3-5-8-24/h3-19,30H,20-22H2,1-2H3,(H,35,39)/t30-/m1/s1. The molecule has 0 saturated heterocycles. The summed E-state index contributed by atoms with van der Waals surface area (Å²) >= 11 is 6.23. The van der Waals surface area contributed by atoms with Crippen LogP contribution in [0.3, 0.4) is 0 Å². The minimum Gasteiger partial charge on any atom is -0.357 e. The predicted octanol–water partition coefficient (Wildman–Crippen LogP) is 5.37. The molecule has 42 heavy (non-hydrogen) atoms. The minimum absolute atomic E-state index is 0.00263. The molecule has 4 aromatic rings. The highest BCUT2D eigenvalue weighted by Crippen LogP contribution is 2.26. The van der Waals surface area contributed by atoms with E-state index in [9.17, 15) is 22.4 Å². The first-order valence-corrected chi connectivity index (χ1v) is 15.0. The molecule has 0 spiro atoms. The second-order valence-corrected chi connectivity index (χ2v) is 12.1. The maximum Gasteiger partial charge on any atom is 0.264 e. The van der Waals surface area contributed by atoms with Crippen LogP contribution in [0.1, 0.15) is 16.7 Å². The molecule has 0 radical (unpaired) electrons. The maximum absolute atomic E-state index is 14.2. The van der Waals surface area contributed by atoms with E-state index in [0.29, 0.717) is 10.6 Å². The van der Waals surface area contributed by atoms with E-state index in [0.717, 1.165) is 39.7 Å². The van der Waals surface area contributed by atoms with Gasteiger partial charge in [0.2, 0.25) is 11.8 Å². The van der Waals surface area contributed by atoms with Crippen LogP contribution >= 0.6 is 11.6 Å². The molecule has 0 heterocycles. The third-order valence-corrected chi connectivity index (χ3v) is 8.79. The number of amides is 2. The summed E-state index contributed by atoms with van der Waals surface area (Å²) in [5, 5.41) is 3.10. The lowest BCUT2D eigenvalue weighted by Gasteiger charge is -2.33. The van der Waals surface area contributed by atoms with Gasteiger partial charge in [-0.25, -0.2) is 12.8 Å². The molecule has 2 amide bonds. The van der Waals surface area contributed by atoms with Crippen molar-refractivity contribution >= 4 is 39.1 Å². The van der Waals surface area contributed by atoms with Crippen molar-refractivity contribution in [1.82, 2.24) is 10.2 Å². The van der Waals surface area contributed by atoms with E-state index < -0.39 is 40.2 Å². The molecular formula is C32H31ClFN3O4S. The fourth-order valence-electron chi connectivity index (χ4n) is 4.53. The summed E-state index contributed by atoms with van der Waals surface area (Å²) < 4.78 is 42.4. The molecule has 0 fully saturated rings. The molecule has 0 unspecified atom stereocenters. The Hall–Kier alpha value is -4.21. The van der Waals surface area contributed by atoms with Crippen molar-refractivity contribution in [2.75, 3.05) is 17.9 Å². The Balaban J connectivity index is 1.78. The molecule has 0 aliphatic rings. The molecule has 0 saturated carbocycles. The smallest absolute Gasteiger partial charge is 0.264 e. The highest BCUT2D eigenvalue weighted by atomic mass is 35.5. The SMILES string of the molecule is CNC(=O)[C@@H](Cc1ccccc1)N(Cc1cccc(Cl)c1)C(=O)CN(c1ccc(C)cc1)S(=O)(=O)c1ccc(F)cc1. The van der Waals surface area contributed by atoms with E-state index in [1.54, 1.807) is 48.5 Å². The Kier molecular flexibility index (Phi) is 9.98. The Morgan fingerprint density at radius 1 is 0.881 bits per heavy atom. The van der Waals surface area contributed by atoms with Crippen LogP contribution in [-0.2, 0) is 32.6 Å². The molecular weight excluding hydrogens is 577 g/mol. The largest absolute Gasteiger partial charge is 0.357 e. The minimum atomic E-state index is -4.30. The average Bonchev–Trinajstić information content (AvgIpc) is 2.98. The highest BCUT2D eigenvalue weighted by molar-refractivity contribution is 7.92. The van der Waals surface area contributed by atoms with Crippen molar-refractivity contribution in [3.8, 4) is 0 Å². The number of benzene rings is 4. The molecule has 1 atom stereocenters. The number of carbonyl (C=O) groups is 2. The highest BCUT2D eigenvalue weighted by Gasteiger charge is 2.34. The Bertz CT molecular complexity index is 1630. The van der Waals surface area contributed by atoms with Gasteiger partial charge in [0.1, 0.15) is 18.4 Å². The van der Waals surface area contributed by atoms with Gasteiger partial charge in [0.15, 0.2) is 0 Å². The first-order valence-electron chi connectivity index (χ1n) is 13.2. The maximum atomic E-state index is 14.2. The number of rotatable bonds is 11. The van der Waals surface area contributed by atoms with Crippen LogP contribution in [0.2, 0.25) is 5.02 Å². The number of carbonyl (C=O) groups excluding carboxylic acids is 2. The monoisotopic (exact) mass is 607 g/mol. The molecule has 0 aliphatic carbocycles. The Morgan fingerprint density at radius 3 is 2.14 bits per heavy atom. The van der Waals surface area contributed by atoms with E-state index in [1.807, 2.05) is 37.3 Å². The van der Waals surface area contributed by atoms with E-state index in [4.69, 9.17) is 11.6 Å². The number of halogens is 2. The zero-order valence-electron chi connectivity index (χ0n) is 23.2. The summed E-state index contributed by atoms with van der Waals surface area (Å²) in [5.74, 6) is -1.60. The summed E-state index contributed by atoms with van der Waals surface area (Å²) in [4.78, 5) is 28.7. The lowest BCUT2D eigenvalue weighted by atomic mass is 10.0. The fraction of sp³-hybridized carbons (Fsp3) is 0.188. The van der Waals surface area contributed by atoms with E-state index in [-0.39, 0.29) is 23.5 Å². The van der Waals surface area contributed by atoms with Crippen LogP contribution in [0.4, 0.5) is 10.1 Å². The third kappa shape index (κ3) is 7.54. The summed E-state index contributed by atoms with van der Waals surface area (Å²) in [6.07, 6.45) is 0.196. The zero-order chi connectivity index (χ0) is 30.3.